The van der Waals surface area contributed by atoms with E-state index < -0.39 is 0 Å². The highest BCUT2D eigenvalue weighted by atomic mass is 16.5. The van der Waals surface area contributed by atoms with Gasteiger partial charge in [0.05, 0.1) is 19.7 Å². The summed E-state index contributed by atoms with van der Waals surface area (Å²) in [5.41, 5.74) is 2.52. The lowest BCUT2D eigenvalue weighted by Crippen LogP contribution is -2.39. The summed E-state index contributed by atoms with van der Waals surface area (Å²) in [7, 11) is 1.44. The predicted octanol–water partition coefficient (Wildman–Crippen LogP) is 2.79. The number of nitrogens with zero attached hydrogens (tertiary/aromatic N) is 2. The van der Waals surface area contributed by atoms with E-state index in [2.05, 4.69) is 41.0 Å². The molecular formula is C22H30N2O3. The Morgan fingerprint density at radius 3 is 2.56 bits per heavy atom. The molecule has 3 aliphatic rings. The number of rotatable bonds is 4. The van der Waals surface area contributed by atoms with E-state index in [0.29, 0.717) is 24.3 Å². The predicted molar refractivity (Wildman–Crippen MR) is 103 cm³/mol. The van der Waals surface area contributed by atoms with Crippen LogP contribution in [0.4, 0.5) is 0 Å². The lowest BCUT2D eigenvalue weighted by molar-refractivity contribution is -0.142. The quantitative estimate of drug-likeness (QED) is 0.765. The van der Waals surface area contributed by atoms with Crippen LogP contribution < -0.4 is 0 Å². The van der Waals surface area contributed by atoms with Crippen molar-refractivity contribution in [1.82, 2.24) is 9.80 Å². The van der Waals surface area contributed by atoms with Crippen LogP contribution in [0, 0.1) is 24.7 Å². The lowest BCUT2D eigenvalue weighted by Gasteiger charge is -2.32. The minimum atomic E-state index is -0.179. The molecule has 27 heavy (non-hydrogen) atoms. The molecule has 5 nitrogen and oxygen atoms in total. The first-order chi connectivity index (χ1) is 13.1. The Labute approximate surface area is 161 Å². The van der Waals surface area contributed by atoms with Gasteiger partial charge in [0, 0.05) is 31.5 Å². The van der Waals surface area contributed by atoms with Crippen LogP contribution in [0.25, 0.3) is 0 Å². The Morgan fingerprint density at radius 2 is 1.85 bits per heavy atom. The first-order valence-corrected chi connectivity index (χ1v) is 10.2. The zero-order valence-electron chi connectivity index (χ0n) is 16.4. The summed E-state index contributed by atoms with van der Waals surface area (Å²) in [5, 5.41) is 0. The van der Waals surface area contributed by atoms with Crippen molar-refractivity contribution in [3.8, 4) is 0 Å². The molecule has 1 aliphatic carbocycles. The number of carbonyl (C=O) groups excluding carboxylic acids is 2. The maximum atomic E-state index is 13.3. The number of amides is 1. The molecule has 4 rings (SSSR count). The molecule has 1 aromatic carbocycles. The van der Waals surface area contributed by atoms with Crippen molar-refractivity contribution in [3.63, 3.8) is 0 Å². The van der Waals surface area contributed by atoms with Crippen LogP contribution in [-0.2, 0) is 14.3 Å². The standard InChI is InChI=1S/C22H30N2O3/c1-15-7-3-6-10-18(15)21-19-13-23(14-20(25)27-2)11-17(19)12-24(21)22(26)16-8-4-5-9-16/h3,6-7,10,16-17,19,21H,4-5,8-9,11-14H2,1-2H3/t17-,19-,21+/m0/s1. The van der Waals surface area contributed by atoms with Crippen molar-refractivity contribution in [2.24, 2.45) is 17.8 Å². The van der Waals surface area contributed by atoms with E-state index in [4.69, 9.17) is 4.74 Å². The molecule has 0 unspecified atom stereocenters. The molecule has 3 atom stereocenters. The molecular weight excluding hydrogens is 340 g/mol. The number of aryl methyl sites for hydroxylation is 1. The Hall–Kier alpha value is -1.88. The third-order valence-corrected chi connectivity index (χ3v) is 6.81. The van der Waals surface area contributed by atoms with E-state index >= 15 is 0 Å². The van der Waals surface area contributed by atoms with Crippen LogP contribution in [0.1, 0.15) is 42.9 Å². The van der Waals surface area contributed by atoms with Gasteiger partial charge in [-0.1, -0.05) is 37.1 Å². The molecule has 2 saturated heterocycles. The normalized spacial score (nSPS) is 28.5. The van der Waals surface area contributed by atoms with Gasteiger partial charge in [-0.3, -0.25) is 14.5 Å². The Kier molecular flexibility index (Phi) is 5.22. The summed E-state index contributed by atoms with van der Waals surface area (Å²) >= 11 is 0. The Balaban J connectivity index is 1.59. The second-order valence-electron chi connectivity index (χ2n) is 8.47. The lowest BCUT2D eigenvalue weighted by atomic mass is 9.87. The number of hydrogen-bond donors (Lipinski definition) is 0. The number of esters is 1. The van der Waals surface area contributed by atoms with E-state index in [0.717, 1.165) is 32.5 Å². The fourth-order valence-electron chi connectivity index (χ4n) is 5.46. The summed E-state index contributed by atoms with van der Waals surface area (Å²) < 4.78 is 4.85. The maximum absolute atomic E-state index is 13.3. The van der Waals surface area contributed by atoms with E-state index in [-0.39, 0.29) is 17.9 Å². The van der Waals surface area contributed by atoms with Gasteiger partial charge in [0.2, 0.25) is 5.91 Å². The van der Waals surface area contributed by atoms with E-state index in [1.807, 2.05) is 0 Å². The summed E-state index contributed by atoms with van der Waals surface area (Å²) in [6.07, 6.45) is 4.44. The van der Waals surface area contributed by atoms with Gasteiger partial charge in [-0.15, -0.1) is 0 Å². The van der Waals surface area contributed by atoms with Crippen molar-refractivity contribution in [3.05, 3.63) is 35.4 Å². The molecule has 5 heteroatoms. The molecule has 1 aromatic rings. The van der Waals surface area contributed by atoms with Gasteiger partial charge in [0.1, 0.15) is 0 Å². The fourth-order valence-corrected chi connectivity index (χ4v) is 5.46. The van der Waals surface area contributed by atoms with Gasteiger partial charge in [-0.05, 0) is 36.8 Å². The molecule has 0 aromatic heterocycles. The van der Waals surface area contributed by atoms with Crippen LogP contribution in [0.5, 0.6) is 0 Å². The SMILES string of the molecule is COC(=O)CN1C[C@H]2CN(C(=O)C3CCCC3)[C@H](c3ccccc3C)[C@H]2C1. The van der Waals surface area contributed by atoms with Crippen molar-refractivity contribution < 1.29 is 14.3 Å². The number of benzene rings is 1. The highest BCUT2D eigenvalue weighted by molar-refractivity contribution is 5.80. The zero-order chi connectivity index (χ0) is 19.0. The summed E-state index contributed by atoms with van der Waals surface area (Å²) in [4.78, 5) is 29.4. The van der Waals surface area contributed by atoms with Gasteiger partial charge in [-0.25, -0.2) is 0 Å². The molecule has 2 heterocycles. The van der Waals surface area contributed by atoms with Crippen LogP contribution in [0.3, 0.4) is 0 Å². The highest BCUT2D eigenvalue weighted by Gasteiger charge is 2.50. The molecule has 3 fully saturated rings. The molecule has 146 valence electrons. The number of likely N-dealkylation sites (tertiary alicyclic amines) is 2. The average molecular weight is 370 g/mol. The average Bonchev–Trinajstić information content (AvgIpc) is 3.37. The van der Waals surface area contributed by atoms with Crippen LogP contribution in [-0.4, -0.2) is 55.0 Å². The van der Waals surface area contributed by atoms with E-state index in [1.165, 1.54) is 31.1 Å². The summed E-state index contributed by atoms with van der Waals surface area (Å²) in [6.45, 7) is 5.03. The second kappa shape index (κ2) is 7.63. The van der Waals surface area contributed by atoms with Crippen molar-refractivity contribution in [1.29, 1.82) is 0 Å². The first-order valence-electron chi connectivity index (χ1n) is 10.2. The first kappa shape index (κ1) is 18.5. The minimum absolute atomic E-state index is 0.131. The van der Waals surface area contributed by atoms with Crippen LogP contribution in [0.15, 0.2) is 24.3 Å². The molecule has 1 amide bonds. The van der Waals surface area contributed by atoms with Gasteiger partial charge in [0.25, 0.3) is 0 Å². The largest absolute Gasteiger partial charge is 0.468 e. The minimum Gasteiger partial charge on any atom is -0.468 e. The summed E-state index contributed by atoms with van der Waals surface area (Å²) in [6, 6.07) is 8.59. The van der Waals surface area contributed by atoms with Gasteiger partial charge < -0.3 is 9.64 Å². The third kappa shape index (κ3) is 3.49. The summed E-state index contributed by atoms with van der Waals surface area (Å²) in [5.74, 6) is 1.21. The van der Waals surface area contributed by atoms with Crippen molar-refractivity contribution in [2.45, 2.75) is 38.6 Å². The molecule has 0 radical (unpaired) electrons. The fraction of sp³-hybridized carbons (Fsp3) is 0.636. The van der Waals surface area contributed by atoms with Gasteiger partial charge in [0.15, 0.2) is 0 Å². The maximum Gasteiger partial charge on any atom is 0.319 e. The molecule has 2 aliphatic heterocycles. The number of hydrogen-bond acceptors (Lipinski definition) is 4. The van der Waals surface area contributed by atoms with Crippen molar-refractivity contribution in [2.75, 3.05) is 33.3 Å². The van der Waals surface area contributed by atoms with Crippen molar-refractivity contribution >= 4 is 11.9 Å². The molecule has 0 bridgehead atoms. The molecule has 1 saturated carbocycles. The van der Waals surface area contributed by atoms with Crippen LogP contribution >= 0.6 is 0 Å². The van der Waals surface area contributed by atoms with Gasteiger partial charge >= 0.3 is 5.97 Å². The van der Waals surface area contributed by atoms with E-state index in [9.17, 15) is 9.59 Å². The molecule has 0 spiro atoms. The number of carbonyl (C=O) groups is 2. The van der Waals surface area contributed by atoms with Crippen LogP contribution in [0.2, 0.25) is 0 Å². The number of fused-ring (bicyclic) bond motifs is 1. The highest BCUT2D eigenvalue weighted by Crippen LogP contribution is 2.47. The topological polar surface area (TPSA) is 49.9 Å². The Morgan fingerprint density at radius 1 is 1.11 bits per heavy atom. The zero-order valence-corrected chi connectivity index (χ0v) is 16.4. The molecule has 0 N–H and O–H groups in total. The monoisotopic (exact) mass is 370 g/mol. The van der Waals surface area contributed by atoms with Gasteiger partial charge in [-0.2, -0.15) is 0 Å². The Bertz CT molecular complexity index is 713. The smallest absolute Gasteiger partial charge is 0.319 e. The number of ether oxygens (including phenoxy) is 1. The van der Waals surface area contributed by atoms with E-state index in [1.54, 1.807) is 0 Å². The third-order valence-electron chi connectivity index (χ3n) is 6.81. The number of methoxy groups -OCH3 is 1. The second-order valence-corrected chi connectivity index (χ2v) is 8.47.